The maximum atomic E-state index is 12.8. The van der Waals surface area contributed by atoms with E-state index in [1.54, 1.807) is 31.4 Å². The Labute approximate surface area is 177 Å². The van der Waals surface area contributed by atoms with Crippen LogP contribution in [0.1, 0.15) is 34.8 Å². The molecule has 0 spiro atoms. The zero-order chi connectivity index (χ0) is 20.6. The molecule has 1 atom stereocenters. The van der Waals surface area contributed by atoms with Crippen LogP contribution in [0.15, 0.2) is 55.1 Å². The van der Waals surface area contributed by atoms with E-state index < -0.39 is 0 Å². The molecule has 2 aromatic rings. The number of hydrogen-bond acceptors (Lipinski definition) is 4. The second-order valence-corrected chi connectivity index (χ2v) is 7.43. The van der Waals surface area contributed by atoms with Crippen LogP contribution in [-0.4, -0.2) is 44.2 Å². The van der Waals surface area contributed by atoms with Crippen LogP contribution in [0.25, 0.3) is 0 Å². The molecule has 0 aliphatic carbocycles. The maximum absolute atomic E-state index is 12.8. The topological polar surface area (TPSA) is 50.8 Å². The average Bonchev–Trinajstić information content (AvgIpc) is 3.26. The summed E-state index contributed by atoms with van der Waals surface area (Å²) in [6.45, 7) is 6.57. The van der Waals surface area contributed by atoms with Crippen LogP contribution < -0.4 is 14.8 Å². The van der Waals surface area contributed by atoms with E-state index in [9.17, 15) is 4.79 Å². The van der Waals surface area contributed by atoms with Gasteiger partial charge in [-0.15, -0.1) is 0 Å². The number of nitrogens with zero attached hydrogens (tertiary/aromatic N) is 1. The van der Waals surface area contributed by atoms with Gasteiger partial charge in [-0.05, 0) is 61.8 Å². The summed E-state index contributed by atoms with van der Waals surface area (Å²) >= 11 is 6.20. The predicted molar refractivity (Wildman–Crippen MR) is 116 cm³/mol. The number of carbonyl (C=O) groups is 1. The fourth-order valence-corrected chi connectivity index (χ4v) is 3.79. The van der Waals surface area contributed by atoms with Crippen molar-refractivity contribution in [3.05, 3.63) is 71.3 Å². The largest absolute Gasteiger partial charge is 0.493 e. The summed E-state index contributed by atoms with van der Waals surface area (Å²) in [5.74, 6) is 0.952. The first-order chi connectivity index (χ1) is 14.1. The van der Waals surface area contributed by atoms with E-state index in [1.165, 1.54) is 12.8 Å². The van der Waals surface area contributed by atoms with Crippen molar-refractivity contribution in [3.8, 4) is 11.5 Å². The zero-order valence-electron chi connectivity index (χ0n) is 16.7. The Kier molecular flexibility index (Phi) is 7.55. The van der Waals surface area contributed by atoms with Gasteiger partial charge >= 0.3 is 0 Å². The van der Waals surface area contributed by atoms with Crippen molar-refractivity contribution in [1.29, 1.82) is 0 Å². The summed E-state index contributed by atoms with van der Waals surface area (Å²) < 4.78 is 10.9. The number of rotatable bonds is 9. The number of hydrogen-bond donors (Lipinski definition) is 1. The SMILES string of the molecule is C=CCOc1ccc(C(=O)NCC(c2cccc(Cl)c2)N2CCCC2)cc1OC. The van der Waals surface area contributed by atoms with Gasteiger partial charge in [-0.1, -0.05) is 36.4 Å². The van der Waals surface area contributed by atoms with Gasteiger partial charge in [0.15, 0.2) is 11.5 Å². The van der Waals surface area contributed by atoms with Crippen molar-refractivity contribution in [2.45, 2.75) is 18.9 Å². The number of nitrogens with one attached hydrogen (secondary N) is 1. The molecule has 0 saturated carbocycles. The quantitative estimate of drug-likeness (QED) is 0.614. The molecule has 1 unspecified atom stereocenters. The minimum atomic E-state index is -0.148. The molecule has 1 heterocycles. The van der Waals surface area contributed by atoms with Crippen LogP contribution in [0.5, 0.6) is 11.5 Å². The highest BCUT2D eigenvalue weighted by atomic mass is 35.5. The Hall–Kier alpha value is -2.50. The van der Waals surface area contributed by atoms with E-state index in [1.807, 2.05) is 18.2 Å². The molecular formula is C23H27ClN2O3. The Morgan fingerprint density at radius 3 is 2.72 bits per heavy atom. The minimum Gasteiger partial charge on any atom is -0.493 e. The molecule has 1 aliphatic heterocycles. The van der Waals surface area contributed by atoms with Crippen molar-refractivity contribution in [1.82, 2.24) is 10.2 Å². The van der Waals surface area contributed by atoms with Crippen molar-refractivity contribution in [2.75, 3.05) is 33.4 Å². The van der Waals surface area contributed by atoms with E-state index in [0.717, 1.165) is 18.7 Å². The molecule has 5 nitrogen and oxygen atoms in total. The number of carbonyl (C=O) groups excluding carboxylic acids is 1. The first-order valence-corrected chi connectivity index (χ1v) is 10.2. The third kappa shape index (κ3) is 5.52. The smallest absolute Gasteiger partial charge is 0.251 e. The molecule has 1 aliphatic rings. The molecule has 29 heavy (non-hydrogen) atoms. The van der Waals surface area contributed by atoms with Crippen molar-refractivity contribution < 1.29 is 14.3 Å². The summed E-state index contributed by atoms with van der Waals surface area (Å²) in [4.78, 5) is 15.2. The number of halogens is 1. The monoisotopic (exact) mass is 414 g/mol. The molecule has 0 bridgehead atoms. The first-order valence-electron chi connectivity index (χ1n) is 9.82. The molecule has 154 valence electrons. The van der Waals surface area contributed by atoms with Crippen LogP contribution >= 0.6 is 11.6 Å². The molecule has 6 heteroatoms. The highest BCUT2D eigenvalue weighted by Gasteiger charge is 2.24. The van der Waals surface area contributed by atoms with Gasteiger partial charge in [0.25, 0.3) is 5.91 Å². The molecule has 2 aromatic carbocycles. The number of amides is 1. The second kappa shape index (κ2) is 10.3. The first kappa shape index (κ1) is 21.2. The standard InChI is InChI=1S/C23H27ClN2O3/c1-3-13-29-21-10-9-18(15-22(21)28-2)23(27)25-16-20(26-11-4-5-12-26)17-7-6-8-19(24)14-17/h3,6-10,14-15,20H,1,4-5,11-13,16H2,2H3,(H,25,27). The van der Waals surface area contributed by atoms with Crippen LogP contribution in [-0.2, 0) is 0 Å². The fourth-order valence-electron chi connectivity index (χ4n) is 3.59. The van der Waals surface area contributed by atoms with Crippen molar-refractivity contribution >= 4 is 17.5 Å². The number of methoxy groups -OCH3 is 1. The lowest BCUT2D eigenvalue weighted by Gasteiger charge is -2.28. The van der Waals surface area contributed by atoms with Gasteiger partial charge < -0.3 is 14.8 Å². The summed E-state index contributed by atoms with van der Waals surface area (Å²) in [7, 11) is 1.56. The molecule has 3 rings (SSSR count). The Bertz CT molecular complexity index is 850. The van der Waals surface area contributed by atoms with Gasteiger partial charge in [-0.3, -0.25) is 9.69 Å². The summed E-state index contributed by atoms with van der Waals surface area (Å²) in [5.41, 5.74) is 1.64. The van der Waals surface area contributed by atoms with Gasteiger partial charge in [0.1, 0.15) is 6.61 Å². The molecule has 1 fully saturated rings. The Morgan fingerprint density at radius 2 is 2.03 bits per heavy atom. The van der Waals surface area contributed by atoms with E-state index in [-0.39, 0.29) is 11.9 Å². The third-order valence-corrected chi connectivity index (χ3v) is 5.29. The molecule has 0 radical (unpaired) electrons. The van der Waals surface area contributed by atoms with Gasteiger partial charge in [-0.2, -0.15) is 0 Å². The van der Waals surface area contributed by atoms with E-state index in [4.69, 9.17) is 21.1 Å². The molecule has 0 aromatic heterocycles. The lowest BCUT2D eigenvalue weighted by atomic mass is 10.1. The lowest BCUT2D eigenvalue weighted by Crippen LogP contribution is -2.36. The normalized spacial score (nSPS) is 15.0. The molecule has 1 amide bonds. The van der Waals surface area contributed by atoms with Crippen LogP contribution in [0.3, 0.4) is 0 Å². The summed E-state index contributed by atoms with van der Waals surface area (Å²) in [5, 5.41) is 3.78. The lowest BCUT2D eigenvalue weighted by molar-refractivity contribution is 0.0937. The predicted octanol–water partition coefficient (Wildman–Crippen LogP) is 4.48. The van der Waals surface area contributed by atoms with E-state index >= 15 is 0 Å². The second-order valence-electron chi connectivity index (χ2n) is 6.99. The number of benzene rings is 2. The molecule has 1 saturated heterocycles. The van der Waals surface area contributed by atoms with Gasteiger partial charge in [0, 0.05) is 17.1 Å². The highest BCUT2D eigenvalue weighted by Crippen LogP contribution is 2.29. The van der Waals surface area contributed by atoms with E-state index in [0.29, 0.717) is 35.2 Å². The minimum absolute atomic E-state index is 0.0947. The Balaban J connectivity index is 1.72. The molecular weight excluding hydrogens is 388 g/mol. The van der Waals surface area contributed by atoms with Gasteiger partial charge in [0.2, 0.25) is 0 Å². The van der Waals surface area contributed by atoms with Crippen LogP contribution in [0.2, 0.25) is 5.02 Å². The highest BCUT2D eigenvalue weighted by molar-refractivity contribution is 6.30. The summed E-state index contributed by atoms with van der Waals surface area (Å²) in [6, 6.07) is 13.1. The zero-order valence-corrected chi connectivity index (χ0v) is 17.5. The third-order valence-electron chi connectivity index (χ3n) is 5.05. The van der Waals surface area contributed by atoms with Crippen molar-refractivity contribution in [2.24, 2.45) is 0 Å². The molecule has 1 N–H and O–H groups in total. The number of likely N-dealkylation sites (tertiary alicyclic amines) is 1. The van der Waals surface area contributed by atoms with Crippen LogP contribution in [0, 0.1) is 0 Å². The summed E-state index contributed by atoms with van der Waals surface area (Å²) in [6.07, 6.45) is 4.01. The fraction of sp³-hybridized carbons (Fsp3) is 0.348. The van der Waals surface area contributed by atoms with Crippen LogP contribution in [0.4, 0.5) is 0 Å². The van der Waals surface area contributed by atoms with Gasteiger partial charge in [-0.25, -0.2) is 0 Å². The van der Waals surface area contributed by atoms with E-state index in [2.05, 4.69) is 22.9 Å². The Morgan fingerprint density at radius 1 is 1.24 bits per heavy atom. The maximum Gasteiger partial charge on any atom is 0.251 e. The van der Waals surface area contributed by atoms with Gasteiger partial charge in [0.05, 0.1) is 13.2 Å². The van der Waals surface area contributed by atoms with Crippen molar-refractivity contribution in [3.63, 3.8) is 0 Å². The number of ether oxygens (including phenoxy) is 2. The average molecular weight is 415 g/mol.